The highest BCUT2D eigenvalue weighted by Crippen LogP contribution is 2.28. The van der Waals surface area contributed by atoms with E-state index in [1.807, 2.05) is 0 Å². The summed E-state index contributed by atoms with van der Waals surface area (Å²) < 4.78 is 27.2. The van der Waals surface area contributed by atoms with Crippen LogP contribution in [0.1, 0.15) is 35.2 Å². The van der Waals surface area contributed by atoms with Gasteiger partial charge in [-0.25, -0.2) is 8.78 Å². The number of carbonyl (C=O) groups excluding carboxylic acids is 1. The van der Waals surface area contributed by atoms with Crippen molar-refractivity contribution in [2.45, 2.75) is 31.7 Å². The van der Waals surface area contributed by atoms with Crippen molar-refractivity contribution in [1.82, 2.24) is 5.32 Å². The molecule has 2 rings (SSSR count). The van der Waals surface area contributed by atoms with Gasteiger partial charge in [-0.1, -0.05) is 6.07 Å². The molecular weight excluding hydrogens is 238 g/mol. The first-order chi connectivity index (χ1) is 8.43. The molecule has 1 aromatic carbocycles. The van der Waals surface area contributed by atoms with Gasteiger partial charge in [-0.3, -0.25) is 4.79 Å². The summed E-state index contributed by atoms with van der Waals surface area (Å²) >= 11 is 0. The Kier molecular flexibility index (Phi) is 3.34. The fourth-order valence-corrected chi connectivity index (χ4v) is 2.02. The van der Waals surface area contributed by atoms with E-state index in [9.17, 15) is 13.6 Å². The fraction of sp³-hybridized carbons (Fsp3) is 0.462. The van der Waals surface area contributed by atoms with Crippen LogP contribution in [0.4, 0.5) is 8.78 Å². The first-order valence-corrected chi connectivity index (χ1v) is 5.95. The Labute approximate surface area is 104 Å². The molecule has 1 aliphatic rings. The Morgan fingerprint density at radius 3 is 2.67 bits per heavy atom. The Balaban J connectivity index is 2.11. The number of aryl methyl sites for hydroxylation is 1. The maximum atomic E-state index is 13.7. The molecule has 18 heavy (non-hydrogen) atoms. The van der Waals surface area contributed by atoms with Crippen LogP contribution in [-0.2, 0) is 0 Å². The van der Waals surface area contributed by atoms with Gasteiger partial charge in [0, 0.05) is 12.1 Å². The van der Waals surface area contributed by atoms with Gasteiger partial charge in [-0.05, 0) is 37.8 Å². The summed E-state index contributed by atoms with van der Waals surface area (Å²) in [5.41, 5.74) is 5.24. The van der Waals surface area contributed by atoms with Crippen LogP contribution in [0, 0.1) is 18.6 Å². The second-order valence-corrected chi connectivity index (χ2v) is 4.95. The zero-order valence-corrected chi connectivity index (χ0v) is 10.2. The van der Waals surface area contributed by atoms with E-state index in [4.69, 9.17) is 5.73 Å². The maximum absolute atomic E-state index is 13.7. The van der Waals surface area contributed by atoms with E-state index < -0.39 is 28.6 Å². The van der Waals surface area contributed by atoms with Gasteiger partial charge in [0.1, 0.15) is 17.2 Å². The average molecular weight is 254 g/mol. The predicted octanol–water partition coefficient (Wildman–Crippen LogP) is 1.88. The second kappa shape index (κ2) is 4.65. The summed E-state index contributed by atoms with van der Waals surface area (Å²) in [4.78, 5) is 11.8. The minimum Gasteiger partial charge on any atom is -0.350 e. The predicted molar refractivity (Wildman–Crippen MR) is 64.2 cm³/mol. The van der Waals surface area contributed by atoms with Crippen LogP contribution in [0.5, 0.6) is 0 Å². The molecule has 0 aliphatic heterocycles. The van der Waals surface area contributed by atoms with E-state index in [0.717, 1.165) is 25.3 Å². The van der Waals surface area contributed by atoms with Crippen molar-refractivity contribution in [2.75, 3.05) is 6.54 Å². The average Bonchev–Trinajstić information content (AvgIpc) is 2.29. The van der Waals surface area contributed by atoms with Crippen LogP contribution in [0.3, 0.4) is 0 Å². The largest absolute Gasteiger partial charge is 0.350 e. The number of benzene rings is 1. The quantitative estimate of drug-likeness (QED) is 0.865. The van der Waals surface area contributed by atoms with Crippen molar-refractivity contribution < 1.29 is 13.6 Å². The summed E-state index contributed by atoms with van der Waals surface area (Å²) in [6.07, 6.45) is 2.68. The molecule has 0 spiro atoms. The molecule has 1 fully saturated rings. The van der Waals surface area contributed by atoms with Crippen molar-refractivity contribution in [2.24, 2.45) is 5.73 Å². The molecule has 98 valence electrons. The number of hydrogen-bond acceptors (Lipinski definition) is 2. The van der Waals surface area contributed by atoms with Crippen molar-refractivity contribution in [1.29, 1.82) is 0 Å². The van der Waals surface area contributed by atoms with Crippen LogP contribution in [-0.4, -0.2) is 18.0 Å². The third kappa shape index (κ3) is 2.36. The van der Waals surface area contributed by atoms with Crippen LogP contribution >= 0.6 is 0 Å². The first kappa shape index (κ1) is 13.0. The number of carbonyl (C=O) groups is 1. The molecule has 0 unspecified atom stereocenters. The molecule has 5 heteroatoms. The number of hydrogen-bond donors (Lipinski definition) is 2. The zero-order valence-electron chi connectivity index (χ0n) is 10.2. The van der Waals surface area contributed by atoms with Crippen LogP contribution in [0.2, 0.25) is 0 Å². The highest BCUT2D eigenvalue weighted by atomic mass is 19.1. The molecule has 1 aliphatic carbocycles. The summed E-state index contributed by atoms with van der Waals surface area (Å²) in [5, 5.41) is 2.51. The van der Waals surface area contributed by atoms with E-state index in [0.29, 0.717) is 0 Å². The Morgan fingerprint density at radius 1 is 1.44 bits per heavy atom. The maximum Gasteiger partial charge on any atom is 0.257 e. The Hall–Kier alpha value is -1.49. The Morgan fingerprint density at radius 2 is 2.11 bits per heavy atom. The topological polar surface area (TPSA) is 55.1 Å². The van der Waals surface area contributed by atoms with Gasteiger partial charge in [0.25, 0.3) is 5.91 Å². The first-order valence-electron chi connectivity index (χ1n) is 5.95. The normalized spacial score (nSPS) is 17.1. The zero-order chi connectivity index (χ0) is 13.3. The van der Waals surface area contributed by atoms with E-state index in [1.165, 1.54) is 13.0 Å². The molecule has 0 bridgehead atoms. The lowest BCUT2D eigenvalue weighted by Crippen LogP contribution is -2.55. The lowest BCUT2D eigenvalue weighted by molar-refractivity contribution is 0.0921. The standard InChI is InChI=1S/C13H16F2N2O/c1-8-3-4-9(14)10(11(8)15)12(18)17-7-13(16)5-2-6-13/h3-4H,2,5-7,16H2,1H3,(H,17,18). The summed E-state index contributed by atoms with van der Waals surface area (Å²) in [7, 11) is 0. The number of rotatable bonds is 3. The molecule has 3 nitrogen and oxygen atoms in total. The van der Waals surface area contributed by atoms with E-state index in [2.05, 4.69) is 5.32 Å². The number of nitrogens with two attached hydrogens (primary N) is 1. The van der Waals surface area contributed by atoms with Gasteiger partial charge in [-0.15, -0.1) is 0 Å². The number of halogens is 2. The summed E-state index contributed by atoms with van der Waals surface area (Å²) in [5.74, 6) is -2.41. The monoisotopic (exact) mass is 254 g/mol. The van der Waals surface area contributed by atoms with Crippen molar-refractivity contribution in [3.63, 3.8) is 0 Å². The molecule has 0 radical (unpaired) electrons. The van der Waals surface area contributed by atoms with Gasteiger partial charge in [0.2, 0.25) is 0 Å². The lowest BCUT2D eigenvalue weighted by Gasteiger charge is -2.38. The smallest absolute Gasteiger partial charge is 0.257 e. The third-order valence-corrected chi connectivity index (χ3v) is 3.46. The van der Waals surface area contributed by atoms with E-state index in [1.54, 1.807) is 0 Å². The summed E-state index contributed by atoms with van der Waals surface area (Å²) in [6.45, 7) is 1.74. The molecule has 0 aromatic heterocycles. The van der Waals surface area contributed by atoms with Gasteiger partial charge in [0.15, 0.2) is 0 Å². The van der Waals surface area contributed by atoms with Gasteiger partial charge in [-0.2, -0.15) is 0 Å². The second-order valence-electron chi connectivity index (χ2n) is 4.95. The van der Waals surface area contributed by atoms with Crippen molar-refractivity contribution in [3.8, 4) is 0 Å². The highest BCUT2D eigenvalue weighted by molar-refractivity contribution is 5.95. The highest BCUT2D eigenvalue weighted by Gasteiger charge is 2.33. The molecule has 1 saturated carbocycles. The van der Waals surface area contributed by atoms with Gasteiger partial charge >= 0.3 is 0 Å². The lowest BCUT2D eigenvalue weighted by atomic mass is 9.78. The molecule has 0 atom stereocenters. The van der Waals surface area contributed by atoms with E-state index in [-0.39, 0.29) is 12.1 Å². The number of nitrogens with one attached hydrogen (secondary N) is 1. The van der Waals surface area contributed by atoms with Gasteiger partial charge < -0.3 is 11.1 Å². The Bertz CT molecular complexity index is 484. The molecular formula is C13H16F2N2O. The van der Waals surface area contributed by atoms with Crippen LogP contribution < -0.4 is 11.1 Å². The van der Waals surface area contributed by atoms with Crippen LogP contribution in [0.25, 0.3) is 0 Å². The van der Waals surface area contributed by atoms with Crippen molar-refractivity contribution >= 4 is 5.91 Å². The number of amides is 1. The summed E-state index contributed by atoms with van der Waals surface area (Å²) in [6, 6.07) is 2.40. The van der Waals surface area contributed by atoms with Crippen LogP contribution in [0.15, 0.2) is 12.1 Å². The van der Waals surface area contributed by atoms with Crippen molar-refractivity contribution in [3.05, 3.63) is 34.9 Å². The molecule has 1 aromatic rings. The minimum absolute atomic E-state index is 0.243. The minimum atomic E-state index is -0.852. The fourth-order valence-electron chi connectivity index (χ4n) is 2.02. The molecule has 0 heterocycles. The molecule has 1 amide bonds. The molecule has 3 N–H and O–H groups in total. The van der Waals surface area contributed by atoms with E-state index >= 15 is 0 Å². The SMILES string of the molecule is Cc1ccc(F)c(C(=O)NCC2(N)CCC2)c1F. The third-order valence-electron chi connectivity index (χ3n) is 3.46. The van der Waals surface area contributed by atoms with Gasteiger partial charge in [0.05, 0.1) is 0 Å². The molecule has 0 saturated heterocycles.